The Balaban J connectivity index is 1.27. The SMILES string of the molecule is O=C(CCCN1CCC(n2cnc3cc(Cl)ccc32)CC1)c1ccccc1. The van der Waals surface area contributed by atoms with Gasteiger partial charge in [0.2, 0.25) is 0 Å². The first-order valence-corrected chi connectivity index (χ1v) is 10.0. The number of likely N-dealkylation sites (tertiary alicyclic amines) is 1. The highest BCUT2D eigenvalue weighted by Gasteiger charge is 2.21. The largest absolute Gasteiger partial charge is 0.327 e. The van der Waals surface area contributed by atoms with Gasteiger partial charge in [-0.05, 0) is 44.0 Å². The van der Waals surface area contributed by atoms with Gasteiger partial charge >= 0.3 is 0 Å². The minimum Gasteiger partial charge on any atom is -0.327 e. The van der Waals surface area contributed by atoms with Crippen LogP contribution in [-0.4, -0.2) is 39.9 Å². The number of benzene rings is 2. The van der Waals surface area contributed by atoms with E-state index in [2.05, 4.69) is 20.5 Å². The molecule has 2 heterocycles. The molecular weight excluding hydrogens is 358 g/mol. The number of nitrogens with zero attached hydrogens (tertiary/aromatic N) is 3. The molecule has 4 rings (SSSR count). The highest BCUT2D eigenvalue weighted by Crippen LogP contribution is 2.28. The fourth-order valence-electron chi connectivity index (χ4n) is 3.95. The number of halogens is 1. The fraction of sp³-hybridized carbons (Fsp3) is 0.364. The van der Waals surface area contributed by atoms with Crippen LogP contribution in [0.1, 0.15) is 42.1 Å². The van der Waals surface area contributed by atoms with Crippen molar-refractivity contribution in [2.75, 3.05) is 19.6 Å². The molecule has 140 valence electrons. The number of aromatic nitrogens is 2. The number of fused-ring (bicyclic) bond motifs is 1. The maximum atomic E-state index is 12.2. The lowest BCUT2D eigenvalue weighted by Gasteiger charge is -2.32. The van der Waals surface area contributed by atoms with Crippen LogP contribution in [0.5, 0.6) is 0 Å². The number of imidazole rings is 1. The Bertz CT molecular complexity index is 914. The predicted molar refractivity (Wildman–Crippen MR) is 109 cm³/mol. The van der Waals surface area contributed by atoms with Crippen LogP contribution in [0.4, 0.5) is 0 Å². The van der Waals surface area contributed by atoms with E-state index in [1.165, 1.54) is 0 Å². The topological polar surface area (TPSA) is 38.1 Å². The molecule has 0 amide bonds. The van der Waals surface area contributed by atoms with Crippen LogP contribution >= 0.6 is 11.6 Å². The van der Waals surface area contributed by atoms with Crippen molar-refractivity contribution in [2.24, 2.45) is 0 Å². The van der Waals surface area contributed by atoms with Gasteiger partial charge in [0, 0.05) is 36.1 Å². The summed E-state index contributed by atoms with van der Waals surface area (Å²) in [6.07, 6.45) is 5.71. The highest BCUT2D eigenvalue weighted by molar-refractivity contribution is 6.31. The molecule has 0 N–H and O–H groups in total. The second-order valence-electron chi connectivity index (χ2n) is 7.25. The van der Waals surface area contributed by atoms with E-state index in [1.54, 1.807) is 0 Å². The second-order valence-corrected chi connectivity index (χ2v) is 7.69. The minimum absolute atomic E-state index is 0.244. The number of hydrogen-bond acceptors (Lipinski definition) is 3. The van der Waals surface area contributed by atoms with Crippen LogP contribution in [0, 0.1) is 0 Å². The van der Waals surface area contributed by atoms with Gasteiger partial charge in [0.15, 0.2) is 5.78 Å². The van der Waals surface area contributed by atoms with Crippen LogP contribution in [0.2, 0.25) is 5.02 Å². The summed E-state index contributed by atoms with van der Waals surface area (Å²) in [5.41, 5.74) is 2.94. The molecule has 0 aliphatic carbocycles. The lowest BCUT2D eigenvalue weighted by atomic mass is 10.0. The van der Waals surface area contributed by atoms with E-state index in [4.69, 9.17) is 11.6 Å². The molecule has 5 heteroatoms. The van der Waals surface area contributed by atoms with Crippen LogP contribution in [0.3, 0.4) is 0 Å². The molecule has 4 nitrogen and oxygen atoms in total. The third-order valence-electron chi connectivity index (χ3n) is 5.46. The molecule has 0 atom stereocenters. The molecule has 2 aromatic carbocycles. The Kier molecular flexibility index (Phi) is 5.55. The molecule has 3 aromatic rings. The van der Waals surface area contributed by atoms with Crippen molar-refractivity contribution in [3.63, 3.8) is 0 Å². The van der Waals surface area contributed by atoms with E-state index >= 15 is 0 Å². The molecule has 0 spiro atoms. The molecular formula is C22H24ClN3O. The normalized spacial score (nSPS) is 16.0. The van der Waals surface area contributed by atoms with Gasteiger partial charge in [0.1, 0.15) is 0 Å². The summed E-state index contributed by atoms with van der Waals surface area (Å²) in [5.74, 6) is 0.244. The summed E-state index contributed by atoms with van der Waals surface area (Å²) >= 11 is 6.06. The molecule has 0 bridgehead atoms. The van der Waals surface area contributed by atoms with E-state index in [0.29, 0.717) is 12.5 Å². The van der Waals surface area contributed by atoms with Gasteiger partial charge in [-0.25, -0.2) is 4.98 Å². The van der Waals surface area contributed by atoms with Crippen LogP contribution in [0.25, 0.3) is 11.0 Å². The fourth-order valence-corrected chi connectivity index (χ4v) is 4.11. The van der Waals surface area contributed by atoms with Gasteiger partial charge in [0.25, 0.3) is 0 Å². The number of ketones is 1. The lowest BCUT2D eigenvalue weighted by molar-refractivity contribution is 0.0970. The molecule has 1 fully saturated rings. The summed E-state index contributed by atoms with van der Waals surface area (Å²) in [6.45, 7) is 3.13. The van der Waals surface area contributed by atoms with Crippen LogP contribution in [0.15, 0.2) is 54.9 Å². The molecule has 0 saturated carbocycles. The molecule has 1 aromatic heterocycles. The van der Waals surface area contributed by atoms with Crippen molar-refractivity contribution in [2.45, 2.75) is 31.7 Å². The van der Waals surface area contributed by atoms with Crippen molar-refractivity contribution in [1.29, 1.82) is 0 Å². The summed E-state index contributed by atoms with van der Waals surface area (Å²) in [4.78, 5) is 19.2. The molecule has 27 heavy (non-hydrogen) atoms. The van der Waals surface area contributed by atoms with E-state index in [0.717, 1.165) is 60.5 Å². The highest BCUT2D eigenvalue weighted by atomic mass is 35.5. The zero-order chi connectivity index (χ0) is 18.6. The number of carbonyl (C=O) groups is 1. The van der Waals surface area contributed by atoms with Crippen LogP contribution < -0.4 is 0 Å². The second kappa shape index (κ2) is 8.24. The molecule has 1 saturated heterocycles. The molecule has 1 aliphatic heterocycles. The van der Waals surface area contributed by atoms with Crippen LogP contribution in [-0.2, 0) is 0 Å². The Morgan fingerprint density at radius 2 is 1.89 bits per heavy atom. The number of hydrogen-bond donors (Lipinski definition) is 0. The number of piperidine rings is 1. The first kappa shape index (κ1) is 18.2. The van der Waals surface area contributed by atoms with Crippen molar-refractivity contribution < 1.29 is 4.79 Å². The summed E-state index contributed by atoms with van der Waals surface area (Å²) < 4.78 is 2.29. The molecule has 0 unspecified atom stereocenters. The minimum atomic E-state index is 0.244. The Hall–Kier alpha value is -2.17. The first-order chi connectivity index (χ1) is 13.2. The summed E-state index contributed by atoms with van der Waals surface area (Å²) in [7, 11) is 0. The van der Waals surface area contributed by atoms with Gasteiger partial charge in [0.05, 0.1) is 17.4 Å². The van der Waals surface area contributed by atoms with E-state index in [-0.39, 0.29) is 5.78 Å². The zero-order valence-electron chi connectivity index (χ0n) is 15.4. The number of rotatable bonds is 6. The maximum absolute atomic E-state index is 12.2. The zero-order valence-corrected chi connectivity index (χ0v) is 16.1. The number of carbonyl (C=O) groups excluding carboxylic acids is 1. The smallest absolute Gasteiger partial charge is 0.162 e. The quantitative estimate of drug-likeness (QED) is 0.564. The van der Waals surface area contributed by atoms with E-state index in [1.807, 2.05) is 48.8 Å². The maximum Gasteiger partial charge on any atom is 0.162 e. The van der Waals surface area contributed by atoms with E-state index < -0.39 is 0 Å². The standard InChI is InChI=1S/C22H24ClN3O/c23-18-8-9-21-20(15-18)24-16-26(21)19-10-13-25(14-11-19)12-4-7-22(27)17-5-2-1-3-6-17/h1-3,5-6,8-9,15-16,19H,4,7,10-14H2. The average Bonchev–Trinajstić information content (AvgIpc) is 3.12. The van der Waals surface area contributed by atoms with Crippen molar-refractivity contribution in [3.8, 4) is 0 Å². The van der Waals surface area contributed by atoms with Gasteiger partial charge in [-0.3, -0.25) is 4.79 Å². The van der Waals surface area contributed by atoms with Crippen molar-refractivity contribution in [1.82, 2.24) is 14.5 Å². The third kappa shape index (κ3) is 4.23. The van der Waals surface area contributed by atoms with Gasteiger partial charge < -0.3 is 9.47 Å². The average molecular weight is 382 g/mol. The van der Waals surface area contributed by atoms with Gasteiger partial charge in [-0.2, -0.15) is 0 Å². The first-order valence-electron chi connectivity index (χ1n) is 9.63. The molecule has 0 radical (unpaired) electrons. The summed E-state index contributed by atoms with van der Waals surface area (Å²) in [6, 6.07) is 16.0. The third-order valence-corrected chi connectivity index (χ3v) is 5.70. The van der Waals surface area contributed by atoms with Crippen molar-refractivity contribution >= 4 is 28.4 Å². The number of Topliss-reactive ketones (excluding diaryl/α,β-unsaturated/α-hetero) is 1. The Morgan fingerprint density at radius 3 is 2.67 bits per heavy atom. The Morgan fingerprint density at radius 1 is 1.11 bits per heavy atom. The van der Waals surface area contributed by atoms with Crippen molar-refractivity contribution in [3.05, 3.63) is 65.4 Å². The monoisotopic (exact) mass is 381 g/mol. The molecule has 1 aliphatic rings. The lowest BCUT2D eigenvalue weighted by Crippen LogP contribution is -2.35. The van der Waals surface area contributed by atoms with Gasteiger partial charge in [-0.15, -0.1) is 0 Å². The van der Waals surface area contributed by atoms with Gasteiger partial charge in [-0.1, -0.05) is 41.9 Å². The predicted octanol–water partition coefficient (Wildman–Crippen LogP) is 4.99. The van der Waals surface area contributed by atoms with E-state index in [9.17, 15) is 4.79 Å². The summed E-state index contributed by atoms with van der Waals surface area (Å²) in [5, 5.41) is 0.729. The Labute approximate surface area is 164 Å².